The zero-order valence-electron chi connectivity index (χ0n) is 7.44. The molecule has 2 nitrogen and oxygen atoms in total. The van der Waals surface area contributed by atoms with Gasteiger partial charge in [0.1, 0.15) is 17.4 Å². The Morgan fingerprint density at radius 2 is 1.86 bits per heavy atom. The molecule has 0 atom stereocenters. The first-order chi connectivity index (χ1) is 6.79. The lowest BCUT2D eigenvalue weighted by molar-refractivity contribution is 0.432. The van der Waals surface area contributed by atoms with Gasteiger partial charge in [0.05, 0.1) is 17.7 Å². The number of allylic oxidation sites excluding steroid dienone is 5. The summed E-state index contributed by atoms with van der Waals surface area (Å²) in [6.45, 7) is 0. The summed E-state index contributed by atoms with van der Waals surface area (Å²) in [5.74, 6) is 0.205. The maximum Gasteiger partial charge on any atom is 0.295 e. The van der Waals surface area contributed by atoms with Crippen molar-refractivity contribution in [1.82, 2.24) is 0 Å². The van der Waals surface area contributed by atoms with Crippen LogP contribution in [0.15, 0.2) is 48.3 Å². The normalized spacial score (nSPS) is 14.3. The van der Waals surface area contributed by atoms with Crippen LogP contribution in [-0.4, -0.2) is 10.2 Å². The largest absolute Gasteiger partial charge is 0.506 e. The third-order valence-corrected chi connectivity index (χ3v) is 2.03. The fourth-order valence-corrected chi connectivity index (χ4v) is 1.35. The molecule has 0 radical (unpaired) electrons. The van der Waals surface area contributed by atoms with E-state index in [9.17, 15) is 10.2 Å². The van der Waals surface area contributed by atoms with E-state index in [1.54, 1.807) is 36.4 Å². The van der Waals surface area contributed by atoms with Gasteiger partial charge in [-0.05, 0) is 12.1 Å². The van der Waals surface area contributed by atoms with Crippen LogP contribution in [0.4, 0.5) is 0 Å². The lowest BCUT2D eigenvalue weighted by atomic mass is 10.00. The van der Waals surface area contributed by atoms with Crippen molar-refractivity contribution in [2.75, 3.05) is 0 Å². The van der Waals surface area contributed by atoms with E-state index < -0.39 is 0 Å². The summed E-state index contributed by atoms with van der Waals surface area (Å²) in [6.07, 6.45) is 7.80. The maximum absolute atomic E-state index is 9.56. The van der Waals surface area contributed by atoms with E-state index in [0.717, 1.165) is 0 Å². The van der Waals surface area contributed by atoms with Crippen molar-refractivity contribution in [2.24, 2.45) is 0 Å². The molecule has 0 saturated carbocycles. The van der Waals surface area contributed by atoms with Gasteiger partial charge in [0.25, 0.3) is 5.76 Å². The Labute approximate surface area is 82.1 Å². The van der Waals surface area contributed by atoms with Crippen LogP contribution in [0.25, 0.3) is 5.57 Å². The van der Waals surface area contributed by atoms with Crippen molar-refractivity contribution in [3.8, 4) is 5.75 Å². The number of rotatable bonds is 1. The molecule has 0 saturated heterocycles. The first-order valence-electron chi connectivity index (χ1n) is 4.27. The van der Waals surface area contributed by atoms with Crippen molar-refractivity contribution in [2.45, 2.75) is 0 Å². The zero-order chi connectivity index (χ0) is 9.97. The van der Waals surface area contributed by atoms with Crippen LogP contribution in [0, 0.1) is 6.08 Å². The number of phenolic OH excluding ortho intramolecular Hbond substituents is 1. The highest BCUT2D eigenvalue weighted by Crippen LogP contribution is 2.29. The molecule has 0 fully saturated rings. The first-order valence-corrected chi connectivity index (χ1v) is 4.27. The Bertz CT molecular complexity index is 439. The van der Waals surface area contributed by atoms with Gasteiger partial charge in [-0.2, -0.15) is 0 Å². The van der Waals surface area contributed by atoms with Crippen LogP contribution >= 0.6 is 0 Å². The number of aromatic hydroxyl groups is 1. The predicted octanol–water partition coefficient (Wildman–Crippen LogP) is 2.59. The van der Waals surface area contributed by atoms with E-state index in [1.807, 2.05) is 6.07 Å². The Morgan fingerprint density at radius 1 is 1.07 bits per heavy atom. The van der Waals surface area contributed by atoms with E-state index in [2.05, 4.69) is 6.08 Å². The van der Waals surface area contributed by atoms with Crippen molar-refractivity contribution in [3.05, 3.63) is 59.9 Å². The summed E-state index contributed by atoms with van der Waals surface area (Å²) in [4.78, 5) is 0. The molecule has 0 spiro atoms. The second-order valence-electron chi connectivity index (χ2n) is 2.95. The van der Waals surface area contributed by atoms with Gasteiger partial charge in [-0.3, -0.25) is 0 Å². The van der Waals surface area contributed by atoms with Gasteiger partial charge < -0.3 is 10.2 Å². The van der Waals surface area contributed by atoms with E-state index in [4.69, 9.17) is 0 Å². The highest BCUT2D eigenvalue weighted by atomic mass is 16.3. The van der Waals surface area contributed by atoms with Crippen molar-refractivity contribution >= 4 is 5.57 Å². The highest BCUT2D eigenvalue weighted by molar-refractivity contribution is 5.81. The second-order valence-corrected chi connectivity index (χ2v) is 2.95. The van der Waals surface area contributed by atoms with Crippen LogP contribution in [0.2, 0.25) is 0 Å². The van der Waals surface area contributed by atoms with Crippen LogP contribution < -0.4 is 0 Å². The van der Waals surface area contributed by atoms with Gasteiger partial charge in [0, 0.05) is 6.08 Å². The monoisotopic (exact) mass is 185 g/mol. The quantitative estimate of drug-likeness (QED) is 0.660. The molecule has 0 aromatic heterocycles. The van der Waals surface area contributed by atoms with E-state index in [-0.39, 0.29) is 11.5 Å². The number of phenols is 1. The number of para-hydroxylation sites is 1. The lowest BCUT2D eigenvalue weighted by Crippen LogP contribution is -1.92. The molecule has 1 aliphatic carbocycles. The minimum Gasteiger partial charge on any atom is -0.506 e. The highest BCUT2D eigenvalue weighted by Gasteiger charge is 2.19. The smallest absolute Gasteiger partial charge is 0.295 e. The summed E-state index contributed by atoms with van der Waals surface area (Å²) in [6, 6.07) is 6.88. The van der Waals surface area contributed by atoms with E-state index >= 15 is 0 Å². The van der Waals surface area contributed by atoms with Crippen LogP contribution in [0.1, 0.15) is 5.56 Å². The molecule has 1 aliphatic rings. The predicted molar refractivity (Wildman–Crippen MR) is 54.6 cm³/mol. The number of aliphatic hydroxyl groups excluding tert-OH is 1. The van der Waals surface area contributed by atoms with Crippen molar-refractivity contribution in [3.63, 3.8) is 0 Å². The van der Waals surface area contributed by atoms with Gasteiger partial charge in [0.15, 0.2) is 0 Å². The first kappa shape index (κ1) is 8.54. The minimum absolute atomic E-state index is 0.0500. The molecule has 0 bridgehead atoms. The number of hydrogen-bond acceptors (Lipinski definition) is 2. The molecule has 0 amide bonds. The summed E-state index contributed by atoms with van der Waals surface area (Å²) < 4.78 is 0. The molecule has 0 heterocycles. The fourth-order valence-electron chi connectivity index (χ4n) is 1.35. The molecule has 14 heavy (non-hydrogen) atoms. The average molecular weight is 185 g/mol. The summed E-state index contributed by atoms with van der Waals surface area (Å²) in [5, 5.41) is 19.1. The molecule has 1 aromatic rings. The Morgan fingerprint density at radius 3 is 2.57 bits per heavy atom. The van der Waals surface area contributed by atoms with Gasteiger partial charge in [-0.25, -0.2) is 0 Å². The molecule has 2 heteroatoms. The summed E-state index contributed by atoms with van der Waals surface area (Å²) in [7, 11) is 0. The van der Waals surface area contributed by atoms with Gasteiger partial charge in [-0.1, -0.05) is 12.1 Å². The zero-order valence-corrected chi connectivity index (χ0v) is 7.44. The third-order valence-electron chi connectivity index (χ3n) is 2.03. The minimum atomic E-state index is 0.0500. The molecule has 2 rings (SSSR count). The molecular formula is C12H9O2+. The lowest BCUT2D eigenvalue weighted by Gasteiger charge is -2.02. The Hall–Kier alpha value is -2.05. The van der Waals surface area contributed by atoms with Crippen LogP contribution in [0.5, 0.6) is 5.75 Å². The van der Waals surface area contributed by atoms with E-state index in [0.29, 0.717) is 11.1 Å². The maximum atomic E-state index is 9.56. The molecule has 1 aromatic carbocycles. The van der Waals surface area contributed by atoms with E-state index in [1.165, 1.54) is 0 Å². The molecule has 68 valence electrons. The number of benzene rings is 1. The molecule has 2 N–H and O–H groups in total. The summed E-state index contributed by atoms with van der Waals surface area (Å²) >= 11 is 0. The number of aliphatic hydroxyl groups is 1. The average Bonchev–Trinajstić information content (AvgIpc) is 2.20. The molecule has 0 aliphatic heterocycles. The molecular weight excluding hydrogens is 176 g/mol. The fraction of sp³-hybridized carbons (Fsp3) is 0. The van der Waals surface area contributed by atoms with Gasteiger partial charge in [0.2, 0.25) is 0 Å². The van der Waals surface area contributed by atoms with Crippen molar-refractivity contribution < 1.29 is 10.2 Å². The standard InChI is InChI=1S/C12H8O2/c13-11-7-3-1-5-9(11)10-6-2-4-8-12(10)14/h1-7H,(H-,13,14)/p+1. The third kappa shape index (κ3) is 1.39. The second kappa shape index (κ2) is 3.36. The Kier molecular flexibility index (Phi) is 2.05. The van der Waals surface area contributed by atoms with Crippen molar-refractivity contribution in [1.29, 1.82) is 0 Å². The van der Waals surface area contributed by atoms with Crippen LogP contribution in [0.3, 0.4) is 0 Å². The topological polar surface area (TPSA) is 40.5 Å². The Balaban J connectivity index is 2.51. The summed E-state index contributed by atoms with van der Waals surface area (Å²) in [5.41, 5.74) is 1.20. The van der Waals surface area contributed by atoms with Crippen LogP contribution in [-0.2, 0) is 0 Å². The van der Waals surface area contributed by atoms with Gasteiger partial charge >= 0.3 is 0 Å². The number of hydrogen-bond donors (Lipinski definition) is 2. The van der Waals surface area contributed by atoms with Gasteiger partial charge in [-0.15, -0.1) is 0 Å². The molecule has 0 unspecified atom stereocenters. The SMILES string of the molecule is OC1=[C+]C=CC=C1c1ccccc1O.